The van der Waals surface area contributed by atoms with E-state index in [2.05, 4.69) is 5.32 Å². The lowest BCUT2D eigenvalue weighted by atomic mass is 10.2. The second-order valence-corrected chi connectivity index (χ2v) is 5.67. The van der Waals surface area contributed by atoms with E-state index in [1.165, 1.54) is 0 Å². The van der Waals surface area contributed by atoms with Gasteiger partial charge in [0.05, 0.1) is 18.7 Å². The molecule has 2 aromatic rings. The van der Waals surface area contributed by atoms with Gasteiger partial charge in [-0.15, -0.1) is 0 Å². The molecule has 0 spiro atoms. The van der Waals surface area contributed by atoms with Crippen molar-refractivity contribution in [1.82, 2.24) is 5.32 Å². The van der Waals surface area contributed by atoms with Crippen LogP contribution < -0.4 is 24.3 Å². The molecule has 0 atom stereocenters. The van der Waals surface area contributed by atoms with Crippen LogP contribution in [0.4, 0.5) is 0 Å². The monoisotopic (exact) mass is 363 g/mol. The van der Waals surface area contributed by atoms with E-state index in [4.69, 9.17) is 30.5 Å². The first kappa shape index (κ1) is 17.2. The molecule has 2 aromatic carbocycles. The number of carbonyl (C=O) groups is 1. The summed E-state index contributed by atoms with van der Waals surface area (Å²) in [7, 11) is 1.60. The number of hydrogen-bond acceptors (Lipinski definition) is 5. The zero-order chi connectivity index (χ0) is 17.6. The van der Waals surface area contributed by atoms with E-state index in [0.717, 1.165) is 0 Å². The largest absolute Gasteiger partial charge is 0.497 e. The summed E-state index contributed by atoms with van der Waals surface area (Å²) in [5.41, 5.74) is 0.413. The van der Waals surface area contributed by atoms with Gasteiger partial charge in [-0.2, -0.15) is 0 Å². The summed E-state index contributed by atoms with van der Waals surface area (Å²) in [6.07, 6.45) is 0. The maximum atomic E-state index is 12.3. The normalized spacial score (nSPS) is 12.4. The van der Waals surface area contributed by atoms with Crippen LogP contribution in [0, 0.1) is 0 Å². The number of nitrogens with one attached hydrogen (secondary N) is 1. The minimum atomic E-state index is -0.256. The minimum Gasteiger partial charge on any atom is -0.497 e. The molecule has 0 unspecified atom stereocenters. The molecule has 0 saturated heterocycles. The second kappa shape index (κ2) is 7.98. The minimum absolute atomic E-state index is 0.256. The lowest BCUT2D eigenvalue weighted by Crippen LogP contribution is -2.28. The van der Waals surface area contributed by atoms with Gasteiger partial charge >= 0.3 is 0 Å². The first-order valence-electron chi connectivity index (χ1n) is 7.81. The van der Waals surface area contributed by atoms with E-state index in [9.17, 15) is 4.79 Å². The Morgan fingerprint density at radius 2 is 2.00 bits per heavy atom. The Labute approximate surface area is 150 Å². The fourth-order valence-corrected chi connectivity index (χ4v) is 2.63. The van der Waals surface area contributed by atoms with Gasteiger partial charge in [0, 0.05) is 11.6 Å². The van der Waals surface area contributed by atoms with Crippen molar-refractivity contribution in [3.05, 3.63) is 47.0 Å². The van der Waals surface area contributed by atoms with E-state index in [1.54, 1.807) is 25.3 Å². The molecule has 132 valence electrons. The predicted molar refractivity (Wildman–Crippen MR) is 93.3 cm³/mol. The van der Waals surface area contributed by atoms with Crippen LogP contribution >= 0.6 is 11.6 Å². The Morgan fingerprint density at radius 3 is 2.84 bits per heavy atom. The summed E-state index contributed by atoms with van der Waals surface area (Å²) >= 11 is 6.14. The lowest BCUT2D eigenvalue weighted by molar-refractivity contribution is 0.0945. The van der Waals surface area contributed by atoms with E-state index in [-0.39, 0.29) is 5.91 Å². The Balaban J connectivity index is 1.53. The van der Waals surface area contributed by atoms with Crippen LogP contribution in [-0.4, -0.2) is 39.4 Å². The summed E-state index contributed by atoms with van der Waals surface area (Å²) in [5, 5.41) is 3.14. The van der Waals surface area contributed by atoms with Gasteiger partial charge in [0.2, 0.25) is 0 Å². The topological polar surface area (TPSA) is 66.0 Å². The molecule has 0 radical (unpaired) electrons. The number of fused-ring (bicyclic) bond motifs is 1. The summed E-state index contributed by atoms with van der Waals surface area (Å²) in [6.45, 7) is 1.56. The predicted octanol–water partition coefficient (Wildman–Crippen LogP) is 2.93. The van der Waals surface area contributed by atoms with Gasteiger partial charge in [0.25, 0.3) is 5.91 Å². The molecule has 3 rings (SSSR count). The third-order valence-corrected chi connectivity index (χ3v) is 3.84. The molecule has 1 aliphatic rings. The highest BCUT2D eigenvalue weighted by Gasteiger charge is 2.19. The van der Waals surface area contributed by atoms with E-state index in [1.807, 2.05) is 18.2 Å². The van der Waals surface area contributed by atoms with Gasteiger partial charge in [-0.05, 0) is 24.3 Å². The average molecular weight is 364 g/mol. The second-order valence-electron chi connectivity index (χ2n) is 5.27. The molecule has 7 heteroatoms. The molecule has 1 N–H and O–H groups in total. The molecule has 0 aromatic heterocycles. The number of amides is 1. The molecule has 0 saturated carbocycles. The number of ether oxygens (including phenoxy) is 4. The number of hydrogen-bond donors (Lipinski definition) is 1. The van der Waals surface area contributed by atoms with Crippen LogP contribution in [0.5, 0.6) is 23.0 Å². The Kier molecular flexibility index (Phi) is 5.50. The highest BCUT2D eigenvalue weighted by Crippen LogP contribution is 2.38. The number of rotatable bonds is 6. The van der Waals surface area contributed by atoms with Crippen LogP contribution in [-0.2, 0) is 0 Å². The molecule has 1 amide bonds. The van der Waals surface area contributed by atoms with Crippen LogP contribution in [0.15, 0.2) is 36.4 Å². The van der Waals surface area contributed by atoms with Crippen molar-refractivity contribution in [2.45, 2.75) is 0 Å². The first-order chi connectivity index (χ1) is 12.2. The molecule has 0 bridgehead atoms. The SMILES string of the molecule is COc1cccc(OCCNC(=O)c2cc(Cl)c3c(c2)OCCO3)c1. The number of benzene rings is 2. The summed E-state index contributed by atoms with van der Waals surface area (Å²) < 4.78 is 21.6. The molecule has 1 aliphatic heterocycles. The average Bonchev–Trinajstić information content (AvgIpc) is 2.65. The fraction of sp³-hybridized carbons (Fsp3) is 0.278. The number of halogens is 1. The quantitative estimate of drug-likeness (QED) is 0.799. The van der Waals surface area contributed by atoms with Crippen molar-refractivity contribution in [3.63, 3.8) is 0 Å². The Morgan fingerprint density at radius 1 is 1.20 bits per heavy atom. The third-order valence-electron chi connectivity index (χ3n) is 3.56. The highest BCUT2D eigenvalue weighted by atomic mass is 35.5. The standard InChI is InChI=1S/C18H18ClNO5/c1-22-13-3-2-4-14(11-13)23-6-5-20-18(21)12-9-15(19)17-16(10-12)24-7-8-25-17/h2-4,9-11H,5-8H2,1H3,(H,20,21). The van der Waals surface area contributed by atoms with Gasteiger partial charge in [0.1, 0.15) is 31.3 Å². The number of carbonyl (C=O) groups excluding carboxylic acids is 1. The van der Waals surface area contributed by atoms with E-state index >= 15 is 0 Å². The number of methoxy groups -OCH3 is 1. The molecule has 25 heavy (non-hydrogen) atoms. The van der Waals surface area contributed by atoms with E-state index < -0.39 is 0 Å². The van der Waals surface area contributed by atoms with Gasteiger partial charge in [-0.3, -0.25) is 4.79 Å². The zero-order valence-corrected chi connectivity index (χ0v) is 14.5. The van der Waals surface area contributed by atoms with Crippen molar-refractivity contribution in [2.24, 2.45) is 0 Å². The van der Waals surface area contributed by atoms with Crippen molar-refractivity contribution >= 4 is 17.5 Å². The molecule has 0 fully saturated rings. The van der Waals surface area contributed by atoms with Crippen molar-refractivity contribution < 1.29 is 23.7 Å². The van der Waals surface area contributed by atoms with E-state index in [0.29, 0.717) is 59.9 Å². The van der Waals surface area contributed by atoms with Crippen molar-refractivity contribution in [1.29, 1.82) is 0 Å². The molecule has 0 aliphatic carbocycles. The molecule has 1 heterocycles. The third kappa shape index (κ3) is 4.28. The van der Waals surface area contributed by atoms with Crippen LogP contribution in [0.25, 0.3) is 0 Å². The maximum Gasteiger partial charge on any atom is 0.251 e. The highest BCUT2D eigenvalue weighted by molar-refractivity contribution is 6.32. The molecular weight excluding hydrogens is 346 g/mol. The van der Waals surface area contributed by atoms with Crippen LogP contribution in [0.3, 0.4) is 0 Å². The molecule has 6 nitrogen and oxygen atoms in total. The Bertz CT molecular complexity index is 765. The fourth-order valence-electron chi connectivity index (χ4n) is 2.37. The zero-order valence-electron chi connectivity index (χ0n) is 13.7. The summed E-state index contributed by atoms with van der Waals surface area (Å²) in [6, 6.07) is 10.5. The van der Waals surface area contributed by atoms with Crippen molar-refractivity contribution in [3.8, 4) is 23.0 Å². The smallest absolute Gasteiger partial charge is 0.251 e. The first-order valence-corrected chi connectivity index (χ1v) is 8.19. The van der Waals surface area contributed by atoms with Crippen LogP contribution in [0.1, 0.15) is 10.4 Å². The van der Waals surface area contributed by atoms with Gasteiger partial charge in [0.15, 0.2) is 11.5 Å². The van der Waals surface area contributed by atoms with Gasteiger partial charge < -0.3 is 24.3 Å². The Hall–Kier alpha value is -2.60. The summed E-state index contributed by atoms with van der Waals surface area (Å²) in [5.74, 6) is 2.10. The summed E-state index contributed by atoms with van der Waals surface area (Å²) in [4.78, 5) is 12.3. The maximum absolute atomic E-state index is 12.3. The van der Waals surface area contributed by atoms with Crippen molar-refractivity contribution in [2.75, 3.05) is 33.5 Å². The van der Waals surface area contributed by atoms with Gasteiger partial charge in [-0.1, -0.05) is 17.7 Å². The van der Waals surface area contributed by atoms with Gasteiger partial charge in [-0.25, -0.2) is 0 Å². The lowest BCUT2D eigenvalue weighted by Gasteiger charge is -2.20. The molecular formula is C18H18ClNO5. The van der Waals surface area contributed by atoms with Crippen LogP contribution in [0.2, 0.25) is 5.02 Å².